The molecule has 27 heavy (non-hydrogen) atoms. The highest BCUT2D eigenvalue weighted by Gasteiger charge is 2.23. The Hall–Kier alpha value is -1.59. The number of aliphatic imine (C=N–C) groups is 1. The van der Waals surface area contributed by atoms with Crippen LogP contribution in [0, 0.1) is 0 Å². The molecular weight excluding hydrogens is 334 g/mol. The van der Waals surface area contributed by atoms with Crippen molar-refractivity contribution in [2.24, 2.45) is 4.99 Å². The van der Waals surface area contributed by atoms with Crippen molar-refractivity contribution < 1.29 is 0 Å². The van der Waals surface area contributed by atoms with E-state index in [0.29, 0.717) is 12.1 Å². The summed E-state index contributed by atoms with van der Waals surface area (Å²) in [5, 5.41) is 7.08. The number of nitrogens with one attached hydrogen (secondary N) is 2. The molecule has 1 saturated heterocycles. The molecule has 0 amide bonds. The zero-order valence-electron chi connectivity index (χ0n) is 17.7. The Bertz CT molecular complexity index is 537. The summed E-state index contributed by atoms with van der Waals surface area (Å²) in [6.45, 7) is 9.97. The number of unbranched alkanes of at least 4 members (excludes halogenated alkanes) is 1. The van der Waals surface area contributed by atoms with E-state index in [4.69, 9.17) is 0 Å². The fourth-order valence-electron chi connectivity index (χ4n) is 3.67. The molecule has 5 heteroatoms. The Labute approximate surface area is 166 Å². The van der Waals surface area contributed by atoms with Gasteiger partial charge < -0.3 is 15.5 Å². The summed E-state index contributed by atoms with van der Waals surface area (Å²) in [5.74, 6) is 0.938. The third-order valence-electron chi connectivity index (χ3n) is 5.60. The van der Waals surface area contributed by atoms with Crippen molar-refractivity contribution in [2.45, 2.75) is 51.6 Å². The summed E-state index contributed by atoms with van der Waals surface area (Å²) in [7, 11) is 4.06. The number of nitrogens with zero attached hydrogens (tertiary/aromatic N) is 3. The fourth-order valence-corrected chi connectivity index (χ4v) is 3.67. The molecule has 2 rings (SSSR count). The minimum Gasteiger partial charge on any atom is -0.355 e. The van der Waals surface area contributed by atoms with E-state index >= 15 is 0 Å². The zero-order valence-corrected chi connectivity index (χ0v) is 17.7. The van der Waals surface area contributed by atoms with Gasteiger partial charge in [0.05, 0.1) is 0 Å². The van der Waals surface area contributed by atoms with Crippen LogP contribution in [0.15, 0.2) is 35.3 Å². The zero-order chi connectivity index (χ0) is 19.5. The van der Waals surface area contributed by atoms with E-state index in [9.17, 15) is 0 Å². The highest BCUT2D eigenvalue weighted by molar-refractivity contribution is 5.79. The summed E-state index contributed by atoms with van der Waals surface area (Å²) < 4.78 is 0. The molecule has 0 bridgehead atoms. The van der Waals surface area contributed by atoms with E-state index in [1.54, 1.807) is 0 Å². The molecule has 1 atom stereocenters. The quantitative estimate of drug-likeness (QED) is 0.516. The number of benzene rings is 1. The first kappa shape index (κ1) is 21.7. The van der Waals surface area contributed by atoms with Gasteiger partial charge in [0, 0.05) is 45.3 Å². The lowest BCUT2D eigenvalue weighted by atomic mass is 10.0. The van der Waals surface area contributed by atoms with Gasteiger partial charge in [0.15, 0.2) is 5.96 Å². The lowest BCUT2D eigenvalue weighted by Crippen LogP contribution is -2.49. The second kappa shape index (κ2) is 12.0. The molecule has 1 aliphatic rings. The number of likely N-dealkylation sites (tertiary alicyclic amines) is 1. The van der Waals surface area contributed by atoms with E-state index in [1.165, 1.54) is 24.9 Å². The number of rotatable bonds is 9. The van der Waals surface area contributed by atoms with Crippen LogP contribution in [0.5, 0.6) is 0 Å². The molecule has 1 aliphatic heterocycles. The SMILES string of the molecule is CCCCN(C)CCNC(=NC)NC1CCN(C(C)c2ccccc2)CC1. The maximum absolute atomic E-state index is 4.41. The Morgan fingerprint density at radius 3 is 2.56 bits per heavy atom. The molecule has 0 aliphatic carbocycles. The standard InChI is InChI=1S/C22H39N5/c1-5-6-15-26(4)18-14-24-22(23-3)25-21-12-16-27(17-13-21)19(2)20-10-8-7-9-11-20/h7-11,19,21H,5-6,12-18H2,1-4H3,(H2,23,24,25). The molecule has 1 unspecified atom stereocenters. The van der Waals surface area contributed by atoms with Crippen LogP contribution in [0.25, 0.3) is 0 Å². The molecule has 1 aromatic carbocycles. The van der Waals surface area contributed by atoms with E-state index in [0.717, 1.165) is 45.0 Å². The molecule has 0 saturated carbocycles. The van der Waals surface area contributed by atoms with Gasteiger partial charge in [0.1, 0.15) is 0 Å². The van der Waals surface area contributed by atoms with Crippen molar-refractivity contribution in [3.8, 4) is 0 Å². The van der Waals surface area contributed by atoms with E-state index in [-0.39, 0.29) is 0 Å². The summed E-state index contributed by atoms with van der Waals surface area (Å²) in [6, 6.07) is 11.8. The minimum atomic E-state index is 0.489. The number of hydrogen-bond donors (Lipinski definition) is 2. The second-order valence-corrected chi connectivity index (χ2v) is 7.70. The molecule has 1 fully saturated rings. The summed E-state index contributed by atoms with van der Waals surface area (Å²) in [6.07, 6.45) is 4.84. The molecule has 5 nitrogen and oxygen atoms in total. The molecular formula is C22H39N5. The van der Waals surface area contributed by atoms with Crippen LogP contribution in [0.2, 0.25) is 0 Å². The monoisotopic (exact) mass is 373 g/mol. The lowest BCUT2D eigenvalue weighted by molar-refractivity contribution is 0.158. The molecule has 2 N–H and O–H groups in total. The first-order valence-electron chi connectivity index (χ1n) is 10.6. The Morgan fingerprint density at radius 2 is 1.93 bits per heavy atom. The van der Waals surface area contributed by atoms with E-state index in [2.05, 4.69) is 76.7 Å². The van der Waals surface area contributed by atoms with Crippen LogP contribution in [0.1, 0.15) is 51.1 Å². The van der Waals surface area contributed by atoms with Gasteiger partial charge in [-0.15, -0.1) is 0 Å². The first-order chi connectivity index (χ1) is 13.1. The average Bonchev–Trinajstić information content (AvgIpc) is 2.72. The largest absolute Gasteiger partial charge is 0.355 e. The number of hydrogen-bond acceptors (Lipinski definition) is 3. The predicted octanol–water partition coefficient (Wildman–Crippen LogP) is 3.11. The van der Waals surface area contributed by atoms with Gasteiger partial charge in [-0.25, -0.2) is 0 Å². The number of guanidine groups is 1. The summed E-state index contributed by atoms with van der Waals surface area (Å²) in [4.78, 5) is 9.38. The maximum Gasteiger partial charge on any atom is 0.191 e. The third-order valence-corrected chi connectivity index (χ3v) is 5.60. The van der Waals surface area contributed by atoms with Gasteiger partial charge in [-0.05, 0) is 45.3 Å². The van der Waals surface area contributed by atoms with Crippen LogP contribution in [0.3, 0.4) is 0 Å². The lowest BCUT2D eigenvalue weighted by Gasteiger charge is -2.37. The Balaban J connectivity index is 1.69. The number of piperidine rings is 1. The van der Waals surface area contributed by atoms with Gasteiger partial charge in [-0.2, -0.15) is 0 Å². The van der Waals surface area contributed by atoms with Gasteiger partial charge in [-0.3, -0.25) is 9.89 Å². The van der Waals surface area contributed by atoms with Crippen LogP contribution in [-0.2, 0) is 0 Å². The van der Waals surface area contributed by atoms with E-state index in [1.807, 2.05) is 7.05 Å². The van der Waals surface area contributed by atoms with Gasteiger partial charge >= 0.3 is 0 Å². The van der Waals surface area contributed by atoms with Crippen LogP contribution in [-0.4, -0.2) is 68.6 Å². The summed E-state index contributed by atoms with van der Waals surface area (Å²) >= 11 is 0. The van der Waals surface area contributed by atoms with Crippen molar-refractivity contribution in [3.05, 3.63) is 35.9 Å². The van der Waals surface area contributed by atoms with Gasteiger partial charge in [0.2, 0.25) is 0 Å². The Kier molecular flexibility index (Phi) is 9.64. The molecule has 0 aromatic heterocycles. The molecule has 152 valence electrons. The van der Waals surface area contributed by atoms with Crippen molar-refractivity contribution in [2.75, 3.05) is 46.8 Å². The minimum absolute atomic E-state index is 0.489. The fraction of sp³-hybridized carbons (Fsp3) is 0.682. The van der Waals surface area contributed by atoms with Crippen molar-refractivity contribution >= 4 is 5.96 Å². The third kappa shape index (κ3) is 7.51. The van der Waals surface area contributed by atoms with Crippen LogP contribution in [0.4, 0.5) is 0 Å². The molecule has 0 radical (unpaired) electrons. The van der Waals surface area contributed by atoms with Gasteiger partial charge in [0.25, 0.3) is 0 Å². The molecule has 1 aromatic rings. The number of likely N-dealkylation sites (N-methyl/N-ethyl adjacent to an activating group) is 1. The highest BCUT2D eigenvalue weighted by Crippen LogP contribution is 2.23. The van der Waals surface area contributed by atoms with E-state index < -0.39 is 0 Å². The second-order valence-electron chi connectivity index (χ2n) is 7.70. The maximum atomic E-state index is 4.41. The first-order valence-corrected chi connectivity index (χ1v) is 10.6. The molecule has 0 spiro atoms. The molecule has 1 heterocycles. The van der Waals surface area contributed by atoms with Crippen molar-refractivity contribution in [3.63, 3.8) is 0 Å². The summed E-state index contributed by atoms with van der Waals surface area (Å²) in [5.41, 5.74) is 1.41. The van der Waals surface area contributed by atoms with Crippen molar-refractivity contribution in [1.82, 2.24) is 20.4 Å². The van der Waals surface area contributed by atoms with Crippen LogP contribution >= 0.6 is 0 Å². The average molecular weight is 374 g/mol. The van der Waals surface area contributed by atoms with Crippen LogP contribution < -0.4 is 10.6 Å². The normalized spacial score (nSPS) is 17.9. The topological polar surface area (TPSA) is 42.9 Å². The van der Waals surface area contributed by atoms with Crippen molar-refractivity contribution in [1.29, 1.82) is 0 Å². The smallest absolute Gasteiger partial charge is 0.191 e. The Morgan fingerprint density at radius 1 is 1.22 bits per heavy atom. The highest BCUT2D eigenvalue weighted by atomic mass is 15.2. The predicted molar refractivity (Wildman–Crippen MR) is 116 cm³/mol. The van der Waals surface area contributed by atoms with Gasteiger partial charge in [-0.1, -0.05) is 43.7 Å².